The van der Waals surface area contributed by atoms with Gasteiger partial charge in [-0.1, -0.05) is 36.8 Å². The number of rotatable bonds is 2. The van der Waals surface area contributed by atoms with Gasteiger partial charge in [-0.3, -0.25) is 0 Å². The summed E-state index contributed by atoms with van der Waals surface area (Å²) in [5.74, 6) is 0. The van der Waals surface area contributed by atoms with Crippen LogP contribution in [-0.2, 0) is 0 Å². The van der Waals surface area contributed by atoms with Gasteiger partial charge in [0.2, 0.25) is 0 Å². The third kappa shape index (κ3) is 2.45. The summed E-state index contributed by atoms with van der Waals surface area (Å²) < 4.78 is 0. The second kappa shape index (κ2) is 4.27. The monoisotopic (exact) mass is 174 g/mol. The minimum atomic E-state index is 1.10. The molecule has 0 aliphatic rings. The highest BCUT2D eigenvalue weighted by Gasteiger charge is 1.98. The SMILES string of the molecule is CCC=Cc1c(C)cc(C)cc1C. The zero-order chi connectivity index (χ0) is 9.84. The van der Waals surface area contributed by atoms with Gasteiger partial charge in [0.25, 0.3) is 0 Å². The Hall–Kier alpha value is -1.04. The third-order valence-corrected chi connectivity index (χ3v) is 2.26. The number of benzene rings is 1. The number of hydrogen-bond donors (Lipinski definition) is 0. The first kappa shape index (κ1) is 10.0. The Bertz CT molecular complexity index is 296. The molecule has 1 rings (SSSR count). The van der Waals surface area contributed by atoms with Crippen LogP contribution in [0.25, 0.3) is 6.08 Å². The molecular weight excluding hydrogens is 156 g/mol. The van der Waals surface area contributed by atoms with Crippen LogP contribution in [0.1, 0.15) is 35.6 Å². The molecule has 0 N–H and O–H groups in total. The number of hydrogen-bond acceptors (Lipinski definition) is 0. The van der Waals surface area contributed by atoms with E-state index in [1.165, 1.54) is 22.3 Å². The summed E-state index contributed by atoms with van der Waals surface area (Å²) in [6, 6.07) is 4.48. The van der Waals surface area contributed by atoms with Crippen molar-refractivity contribution >= 4 is 6.08 Å². The van der Waals surface area contributed by atoms with Gasteiger partial charge in [-0.2, -0.15) is 0 Å². The summed E-state index contributed by atoms with van der Waals surface area (Å²) in [6.07, 6.45) is 5.54. The molecule has 0 spiro atoms. The summed E-state index contributed by atoms with van der Waals surface area (Å²) in [4.78, 5) is 0. The Balaban J connectivity index is 3.13. The fraction of sp³-hybridized carbons (Fsp3) is 0.385. The third-order valence-electron chi connectivity index (χ3n) is 2.26. The minimum Gasteiger partial charge on any atom is -0.0842 e. The molecule has 0 amide bonds. The molecular formula is C13H18. The highest BCUT2D eigenvalue weighted by Crippen LogP contribution is 2.17. The van der Waals surface area contributed by atoms with Crippen LogP contribution in [0, 0.1) is 20.8 Å². The van der Waals surface area contributed by atoms with E-state index in [0.29, 0.717) is 0 Å². The average molecular weight is 174 g/mol. The summed E-state index contributed by atoms with van der Waals surface area (Å²) >= 11 is 0. The summed E-state index contributed by atoms with van der Waals surface area (Å²) in [6.45, 7) is 8.66. The highest BCUT2D eigenvalue weighted by atomic mass is 14.0. The molecule has 0 bridgehead atoms. The van der Waals surface area contributed by atoms with E-state index in [4.69, 9.17) is 0 Å². The minimum absolute atomic E-state index is 1.10. The van der Waals surface area contributed by atoms with Crippen LogP contribution in [0.15, 0.2) is 18.2 Å². The molecule has 0 saturated carbocycles. The van der Waals surface area contributed by atoms with E-state index in [1.54, 1.807) is 0 Å². The molecule has 0 fully saturated rings. The zero-order valence-electron chi connectivity index (χ0n) is 9.02. The molecule has 70 valence electrons. The van der Waals surface area contributed by atoms with E-state index >= 15 is 0 Å². The maximum Gasteiger partial charge on any atom is -0.0201 e. The van der Waals surface area contributed by atoms with Crippen molar-refractivity contribution in [2.45, 2.75) is 34.1 Å². The van der Waals surface area contributed by atoms with E-state index in [0.717, 1.165) is 6.42 Å². The summed E-state index contributed by atoms with van der Waals surface area (Å²) in [5.41, 5.74) is 5.49. The van der Waals surface area contributed by atoms with E-state index < -0.39 is 0 Å². The van der Waals surface area contributed by atoms with Crippen molar-refractivity contribution in [2.75, 3.05) is 0 Å². The van der Waals surface area contributed by atoms with Gasteiger partial charge in [0.15, 0.2) is 0 Å². The number of aryl methyl sites for hydroxylation is 3. The Morgan fingerprint density at radius 3 is 2.08 bits per heavy atom. The molecule has 1 aromatic rings. The van der Waals surface area contributed by atoms with Gasteiger partial charge < -0.3 is 0 Å². The lowest BCUT2D eigenvalue weighted by molar-refractivity contribution is 1.23. The molecule has 0 heteroatoms. The van der Waals surface area contributed by atoms with Crippen LogP contribution >= 0.6 is 0 Å². The first-order valence-electron chi connectivity index (χ1n) is 4.89. The lowest BCUT2D eigenvalue weighted by atomic mass is 9.99. The molecule has 0 atom stereocenters. The van der Waals surface area contributed by atoms with Crippen molar-refractivity contribution in [1.82, 2.24) is 0 Å². The van der Waals surface area contributed by atoms with Crippen molar-refractivity contribution in [1.29, 1.82) is 0 Å². The van der Waals surface area contributed by atoms with Crippen LogP contribution in [0.2, 0.25) is 0 Å². The van der Waals surface area contributed by atoms with Crippen LogP contribution in [0.3, 0.4) is 0 Å². The van der Waals surface area contributed by atoms with Crippen molar-refractivity contribution in [3.05, 3.63) is 40.5 Å². The molecule has 0 aromatic heterocycles. The lowest BCUT2D eigenvalue weighted by Gasteiger charge is -2.06. The molecule has 0 aliphatic carbocycles. The van der Waals surface area contributed by atoms with Gasteiger partial charge in [0.05, 0.1) is 0 Å². The Kier molecular flexibility index (Phi) is 3.30. The summed E-state index contributed by atoms with van der Waals surface area (Å²) in [5, 5.41) is 0. The molecule has 0 aliphatic heterocycles. The average Bonchev–Trinajstić information content (AvgIpc) is 2.02. The van der Waals surface area contributed by atoms with E-state index in [-0.39, 0.29) is 0 Å². The van der Waals surface area contributed by atoms with Crippen LogP contribution in [0.5, 0.6) is 0 Å². The Labute approximate surface area is 81.3 Å². The molecule has 0 unspecified atom stereocenters. The van der Waals surface area contributed by atoms with Crippen LogP contribution in [-0.4, -0.2) is 0 Å². The largest absolute Gasteiger partial charge is 0.0842 e. The van der Waals surface area contributed by atoms with Crippen LogP contribution in [0.4, 0.5) is 0 Å². The van der Waals surface area contributed by atoms with E-state index in [2.05, 4.69) is 52.0 Å². The van der Waals surface area contributed by atoms with Crippen LogP contribution < -0.4 is 0 Å². The molecule has 13 heavy (non-hydrogen) atoms. The standard InChI is InChI=1S/C13H18/c1-5-6-7-13-11(3)8-10(2)9-12(13)4/h6-9H,5H2,1-4H3. The van der Waals surface area contributed by atoms with Crippen molar-refractivity contribution in [2.24, 2.45) is 0 Å². The fourth-order valence-corrected chi connectivity index (χ4v) is 1.69. The van der Waals surface area contributed by atoms with Gasteiger partial charge in [-0.15, -0.1) is 0 Å². The first-order chi connectivity index (χ1) is 6.15. The molecule has 0 saturated heterocycles. The van der Waals surface area contributed by atoms with Gasteiger partial charge >= 0.3 is 0 Å². The molecule has 0 heterocycles. The normalized spacial score (nSPS) is 11.1. The molecule has 0 radical (unpaired) electrons. The first-order valence-corrected chi connectivity index (χ1v) is 4.89. The molecule has 1 aromatic carbocycles. The second-order valence-corrected chi connectivity index (χ2v) is 3.62. The molecule has 0 nitrogen and oxygen atoms in total. The van der Waals surface area contributed by atoms with E-state index in [9.17, 15) is 0 Å². The topological polar surface area (TPSA) is 0 Å². The van der Waals surface area contributed by atoms with E-state index in [1.807, 2.05) is 0 Å². The maximum absolute atomic E-state index is 2.24. The Morgan fingerprint density at radius 2 is 1.62 bits per heavy atom. The predicted octanol–water partition coefficient (Wildman–Crippen LogP) is 4.04. The number of allylic oxidation sites excluding steroid dienone is 1. The van der Waals surface area contributed by atoms with Gasteiger partial charge in [0.1, 0.15) is 0 Å². The predicted molar refractivity (Wildman–Crippen MR) is 60.0 cm³/mol. The highest BCUT2D eigenvalue weighted by molar-refractivity contribution is 5.58. The van der Waals surface area contributed by atoms with Gasteiger partial charge in [-0.25, -0.2) is 0 Å². The summed E-state index contributed by atoms with van der Waals surface area (Å²) in [7, 11) is 0. The van der Waals surface area contributed by atoms with Crippen molar-refractivity contribution in [3.8, 4) is 0 Å². The second-order valence-electron chi connectivity index (χ2n) is 3.62. The zero-order valence-corrected chi connectivity index (χ0v) is 9.02. The maximum atomic E-state index is 2.24. The van der Waals surface area contributed by atoms with Gasteiger partial charge in [-0.05, 0) is 43.9 Å². The van der Waals surface area contributed by atoms with Crippen molar-refractivity contribution < 1.29 is 0 Å². The smallest absolute Gasteiger partial charge is 0.0201 e. The fourth-order valence-electron chi connectivity index (χ4n) is 1.69. The van der Waals surface area contributed by atoms with Gasteiger partial charge in [0, 0.05) is 0 Å². The quantitative estimate of drug-likeness (QED) is 0.635. The lowest BCUT2D eigenvalue weighted by Crippen LogP contribution is -1.87. The Morgan fingerprint density at radius 1 is 1.08 bits per heavy atom. The van der Waals surface area contributed by atoms with Crippen molar-refractivity contribution in [3.63, 3.8) is 0 Å².